The van der Waals surface area contributed by atoms with E-state index in [1.54, 1.807) is 6.20 Å². The van der Waals surface area contributed by atoms with Gasteiger partial charge in [0.1, 0.15) is 0 Å². The largest absolute Gasteiger partial charge is 0.387 e. The molecule has 0 saturated carbocycles. The molecule has 4 nitrogen and oxygen atoms in total. The second-order valence-corrected chi connectivity index (χ2v) is 7.14. The molecule has 112 valence electrons. The van der Waals surface area contributed by atoms with Crippen molar-refractivity contribution in [3.63, 3.8) is 0 Å². The first kappa shape index (κ1) is 14.4. The molecule has 3 heterocycles. The third-order valence-electron chi connectivity index (χ3n) is 4.73. The number of aryl methyl sites for hydroxylation is 1. The summed E-state index contributed by atoms with van der Waals surface area (Å²) in [6.45, 7) is 3.66. The van der Waals surface area contributed by atoms with Gasteiger partial charge in [0.25, 0.3) is 0 Å². The average Bonchev–Trinajstić information content (AvgIpc) is 2.96. The lowest BCUT2D eigenvalue weighted by atomic mass is 9.79. The summed E-state index contributed by atoms with van der Waals surface area (Å²) in [4.78, 5) is 0. The zero-order valence-corrected chi connectivity index (χ0v) is 12.9. The van der Waals surface area contributed by atoms with Crippen molar-refractivity contribution in [2.45, 2.75) is 50.9 Å². The standard InChI is InChI=1S/C15H24N2O2S/c1-2-17-13(3-7-16-17)14(18)12-4-8-19-15(11-12)5-9-20-10-6-15/h3,7,12,14,18H,2,4-6,8-11H2,1H3. The maximum absolute atomic E-state index is 10.7. The summed E-state index contributed by atoms with van der Waals surface area (Å²) in [5.41, 5.74) is 0.992. The zero-order chi connectivity index (χ0) is 14.0. The SMILES string of the molecule is CCn1nccc1C(O)C1CCOC2(CCSCC2)C1. The fraction of sp³-hybridized carbons (Fsp3) is 0.800. The van der Waals surface area contributed by atoms with Gasteiger partial charge in [0.05, 0.1) is 17.4 Å². The van der Waals surface area contributed by atoms with E-state index >= 15 is 0 Å². The third kappa shape index (κ3) is 2.76. The van der Waals surface area contributed by atoms with Crippen LogP contribution >= 0.6 is 11.8 Å². The van der Waals surface area contributed by atoms with Crippen LogP contribution < -0.4 is 0 Å². The van der Waals surface area contributed by atoms with Gasteiger partial charge in [0.2, 0.25) is 0 Å². The molecule has 0 aliphatic carbocycles. The second kappa shape index (κ2) is 6.08. The van der Waals surface area contributed by atoms with Gasteiger partial charge in [-0.2, -0.15) is 16.9 Å². The van der Waals surface area contributed by atoms with Gasteiger partial charge in [-0.3, -0.25) is 4.68 Å². The first-order valence-corrected chi connectivity index (χ1v) is 8.81. The first-order valence-electron chi connectivity index (χ1n) is 7.65. The molecule has 5 heteroatoms. The van der Waals surface area contributed by atoms with E-state index in [4.69, 9.17) is 4.74 Å². The van der Waals surface area contributed by atoms with Crippen LogP contribution in [-0.2, 0) is 11.3 Å². The van der Waals surface area contributed by atoms with E-state index in [1.807, 2.05) is 22.5 Å². The molecule has 1 N–H and O–H groups in total. The molecule has 2 saturated heterocycles. The number of hydrogen-bond donors (Lipinski definition) is 1. The Morgan fingerprint density at radius 1 is 1.55 bits per heavy atom. The van der Waals surface area contributed by atoms with Gasteiger partial charge in [0.15, 0.2) is 0 Å². The quantitative estimate of drug-likeness (QED) is 0.931. The molecule has 0 bridgehead atoms. The van der Waals surface area contributed by atoms with Crippen LogP contribution in [-0.4, -0.2) is 38.6 Å². The van der Waals surface area contributed by atoms with Gasteiger partial charge < -0.3 is 9.84 Å². The van der Waals surface area contributed by atoms with Crippen LogP contribution in [0.1, 0.15) is 44.4 Å². The highest BCUT2D eigenvalue weighted by atomic mass is 32.2. The van der Waals surface area contributed by atoms with Gasteiger partial charge >= 0.3 is 0 Å². The average molecular weight is 296 g/mol. The number of aliphatic hydroxyl groups excluding tert-OH is 1. The molecule has 2 aliphatic heterocycles. The van der Waals surface area contributed by atoms with Crippen molar-refractivity contribution in [1.82, 2.24) is 9.78 Å². The molecular weight excluding hydrogens is 272 g/mol. The normalized spacial score (nSPS) is 27.6. The Hall–Kier alpha value is -0.520. The lowest BCUT2D eigenvalue weighted by Gasteiger charge is -2.44. The molecule has 2 aliphatic rings. The molecular formula is C15H24N2O2S. The lowest BCUT2D eigenvalue weighted by molar-refractivity contribution is -0.122. The Labute approximate surface area is 124 Å². The molecule has 2 atom stereocenters. The molecule has 0 amide bonds. The number of rotatable bonds is 3. The maximum atomic E-state index is 10.7. The van der Waals surface area contributed by atoms with Crippen LogP contribution in [0.3, 0.4) is 0 Å². The van der Waals surface area contributed by atoms with Crippen molar-refractivity contribution >= 4 is 11.8 Å². The van der Waals surface area contributed by atoms with Gasteiger partial charge in [-0.25, -0.2) is 0 Å². The fourth-order valence-corrected chi connectivity index (χ4v) is 4.76. The van der Waals surface area contributed by atoms with Crippen LogP contribution in [0, 0.1) is 5.92 Å². The molecule has 1 aromatic rings. The molecule has 2 fully saturated rings. The summed E-state index contributed by atoms with van der Waals surface area (Å²) in [7, 11) is 0. The number of aliphatic hydroxyl groups is 1. The molecule has 0 aromatic carbocycles. The Bertz CT molecular complexity index is 437. The van der Waals surface area contributed by atoms with E-state index in [0.717, 1.165) is 44.5 Å². The highest BCUT2D eigenvalue weighted by Gasteiger charge is 2.41. The summed E-state index contributed by atoms with van der Waals surface area (Å²) < 4.78 is 8.02. The third-order valence-corrected chi connectivity index (χ3v) is 5.72. The fourth-order valence-electron chi connectivity index (χ4n) is 3.53. The van der Waals surface area contributed by atoms with E-state index in [0.29, 0.717) is 5.92 Å². The van der Waals surface area contributed by atoms with Crippen molar-refractivity contribution in [2.75, 3.05) is 18.1 Å². The van der Waals surface area contributed by atoms with Crippen molar-refractivity contribution in [1.29, 1.82) is 0 Å². The van der Waals surface area contributed by atoms with Crippen LogP contribution in [0.5, 0.6) is 0 Å². The smallest absolute Gasteiger partial charge is 0.0986 e. The molecule has 1 aromatic heterocycles. The van der Waals surface area contributed by atoms with Gasteiger partial charge in [0, 0.05) is 19.3 Å². The van der Waals surface area contributed by atoms with Gasteiger partial charge in [-0.05, 0) is 56.1 Å². The summed E-state index contributed by atoms with van der Waals surface area (Å²) in [5.74, 6) is 2.68. The number of nitrogens with zero attached hydrogens (tertiary/aromatic N) is 2. The maximum Gasteiger partial charge on any atom is 0.0986 e. The van der Waals surface area contributed by atoms with Crippen LogP contribution in [0.2, 0.25) is 0 Å². The summed E-state index contributed by atoms with van der Waals surface area (Å²) in [6.07, 6.45) is 5.58. The van der Waals surface area contributed by atoms with E-state index in [9.17, 15) is 5.11 Å². The van der Waals surface area contributed by atoms with Crippen molar-refractivity contribution in [3.05, 3.63) is 18.0 Å². The summed E-state index contributed by atoms with van der Waals surface area (Å²) in [6, 6.07) is 1.95. The lowest BCUT2D eigenvalue weighted by Crippen LogP contribution is -2.44. The Morgan fingerprint density at radius 2 is 2.35 bits per heavy atom. The minimum Gasteiger partial charge on any atom is -0.387 e. The topological polar surface area (TPSA) is 47.3 Å². The van der Waals surface area contributed by atoms with Crippen LogP contribution in [0.4, 0.5) is 0 Å². The number of aromatic nitrogens is 2. The van der Waals surface area contributed by atoms with Crippen molar-refractivity contribution in [2.24, 2.45) is 5.92 Å². The number of thioether (sulfide) groups is 1. The monoisotopic (exact) mass is 296 g/mol. The minimum absolute atomic E-state index is 0.0339. The van der Waals surface area contributed by atoms with E-state index < -0.39 is 6.10 Å². The van der Waals surface area contributed by atoms with Crippen molar-refractivity contribution < 1.29 is 9.84 Å². The van der Waals surface area contributed by atoms with Crippen LogP contribution in [0.25, 0.3) is 0 Å². The second-order valence-electron chi connectivity index (χ2n) is 5.91. The van der Waals surface area contributed by atoms with E-state index in [2.05, 4.69) is 12.0 Å². The number of ether oxygens (including phenoxy) is 1. The highest BCUT2D eigenvalue weighted by Crippen LogP contribution is 2.43. The number of hydrogen-bond acceptors (Lipinski definition) is 4. The van der Waals surface area contributed by atoms with Crippen molar-refractivity contribution in [3.8, 4) is 0 Å². The van der Waals surface area contributed by atoms with E-state index in [1.165, 1.54) is 11.5 Å². The van der Waals surface area contributed by atoms with Crippen LogP contribution in [0.15, 0.2) is 12.3 Å². The predicted molar refractivity (Wildman–Crippen MR) is 80.8 cm³/mol. The Balaban J connectivity index is 1.73. The molecule has 0 radical (unpaired) electrons. The zero-order valence-electron chi connectivity index (χ0n) is 12.1. The van der Waals surface area contributed by atoms with Gasteiger partial charge in [-0.1, -0.05) is 0 Å². The summed E-state index contributed by atoms with van der Waals surface area (Å²) in [5, 5.41) is 15.0. The minimum atomic E-state index is -0.409. The molecule has 3 rings (SSSR count). The summed E-state index contributed by atoms with van der Waals surface area (Å²) >= 11 is 2.02. The molecule has 20 heavy (non-hydrogen) atoms. The molecule has 2 unspecified atom stereocenters. The Kier molecular flexibility index (Phi) is 4.38. The highest BCUT2D eigenvalue weighted by molar-refractivity contribution is 7.99. The van der Waals surface area contributed by atoms with Gasteiger partial charge in [-0.15, -0.1) is 0 Å². The Morgan fingerprint density at radius 3 is 3.10 bits per heavy atom. The van der Waals surface area contributed by atoms with E-state index in [-0.39, 0.29) is 5.60 Å². The predicted octanol–water partition coefficient (Wildman–Crippen LogP) is 2.63. The first-order chi connectivity index (χ1) is 9.74. The molecule has 1 spiro atoms.